The fourth-order valence-corrected chi connectivity index (χ4v) is 6.91. The summed E-state index contributed by atoms with van der Waals surface area (Å²) < 4.78 is 6.10. The van der Waals surface area contributed by atoms with Crippen molar-refractivity contribution in [3.05, 3.63) is 157 Å². The molecule has 5 nitrogen and oxygen atoms in total. The predicted octanol–water partition coefficient (Wildman–Crippen LogP) is 10.7. The van der Waals surface area contributed by atoms with Crippen molar-refractivity contribution in [3.63, 3.8) is 0 Å². The largest absolute Gasteiger partial charge is 0.416 e. The van der Waals surface area contributed by atoms with Gasteiger partial charge in [-0.25, -0.2) is 9.97 Å². The van der Waals surface area contributed by atoms with Gasteiger partial charge in [-0.2, -0.15) is 0 Å². The third-order valence-electron chi connectivity index (χ3n) is 9.48. The van der Waals surface area contributed by atoms with Crippen molar-refractivity contribution < 1.29 is 4.42 Å². The van der Waals surface area contributed by atoms with E-state index in [1.807, 2.05) is 72.8 Å². The summed E-state index contributed by atoms with van der Waals surface area (Å²) in [6, 6.07) is 50.2. The van der Waals surface area contributed by atoms with Crippen LogP contribution in [0.15, 0.2) is 150 Å². The van der Waals surface area contributed by atoms with E-state index in [4.69, 9.17) is 14.4 Å². The van der Waals surface area contributed by atoms with Gasteiger partial charge in [-0.1, -0.05) is 117 Å². The number of para-hydroxylation sites is 2. The van der Waals surface area contributed by atoms with E-state index in [1.165, 1.54) is 27.8 Å². The zero-order valence-corrected chi connectivity index (χ0v) is 26.6. The van der Waals surface area contributed by atoms with Crippen molar-refractivity contribution in [2.45, 2.75) is 19.3 Å². The van der Waals surface area contributed by atoms with Crippen LogP contribution in [0.1, 0.15) is 25.0 Å². The quantitative estimate of drug-likeness (QED) is 0.192. The molecule has 0 bridgehead atoms. The molecule has 48 heavy (non-hydrogen) atoms. The van der Waals surface area contributed by atoms with Crippen LogP contribution in [0.4, 0.5) is 0 Å². The first-order chi connectivity index (χ1) is 23.5. The molecule has 0 saturated carbocycles. The van der Waals surface area contributed by atoms with E-state index in [0.717, 1.165) is 50.2 Å². The molecule has 0 saturated heterocycles. The highest BCUT2D eigenvalue weighted by Gasteiger charge is 2.36. The van der Waals surface area contributed by atoms with Gasteiger partial charge < -0.3 is 4.42 Å². The minimum absolute atomic E-state index is 0.204. The molecule has 0 fully saturated rings. The minimum atomic E-state index is -0.204. The number of hydrogen-bond acceptors (Lipinski definition) is 5. The second-order valence-corrected chi connectivity index (χ2v) is 12.8. The summed E-state index contributed by atoms with van der Waals surface area (Å²) >= 11 is 0. The normalized spacial score (nSPS) is 13.0. The number of rotatable bonds is 5. The number of nitrogens with zero attached hydrogens (tertiary/aromatic N) is 4. The van der Waals surface area contributed by atoms with Crippen molar-refractivity contribution in [2.75, 3.05) is 0 Å². The van der Waals surface area contributed by atoms with Crippen LogP contribution in [-0.2, 0) is 5.41 Å². The van der Waals surface area contributed by atoms with Crippen molar-refractivity contribution in [3.8, 4) is 67.7 Å². The summed E-state index contributed by atoms with van der Waals surface area (Å²) in [7, 11) is 0. The van der Waals surface area contributed by atoms with E-state index in [-0.39, 0.29) is 5.41 Å². The smallest absolute Gasteiger partial charge is 0.248 e. The van der Waals surface area contributed by atoms with Gasteiger partial charge in [0.1, 0.15) is 0 Å². The molecule has 0 radical (unpaired) electrons. The Balaban J connectivity index is 1.05. The lowest BCUT2D eigenvalue weighted by atomic mass is 9.81. The lowest BCUT2D eigenvalue weighted by molar-refractivity contribution is 0.584. The molecule has 0 amide bonds. The highest BCUT2D eigenvalue weighted by Crippen LogP contribution is 2.50. The van der Waals surface area contributed by atoms with Gasteiger partial charge in [0.15, 0.2) is 0 Å². The molecule has 2 heterocycles. The van der Waals surface area contributed by atoms with Gasteiger partial charge >= 0.3 is 0 Å². The molecule has 8 aromatic rings. The summed E-state index contributed by atoms with van der Waals surface area (Å²) in [5, 5.41) is 8.69. The van der Waals surface area contributed by atoms with Gasteiger partial charge in [0.2, 0.25) is 11.8 Å². The van der Waals surface area contributed by atoms with Crippen LogP contribution in [0.25, 0.3) is 78.7 Å². The summed E-state index contributed by atoms with van der Waals surface area (Å²) in [5.74, 6) is 1.05. The SMILES string of the molecule is CC1(C)c2cc(-c3ccc(-c4nc5ccccc5nc4-c4ccccc4)cc3)ccc2-c2ccc(-c3nnc(-c4ccccc4)o3)cc21. The third-order valence-corrected chi connectivity index (χ3v) is 9.48. The molecule has 0 N–H and O–H groups in total. The van der Waals surface area contributed by atoms with Crippen LogP contribution in [0.3, 0.4) is 0 Å². The Hall–Kier alpha value is -6.20. The maximum atomic E-state index is 6.10. The van der Waals surface area contributed by atoms with Gasteiger partial charge in [0.05, 0.1) is 22.4 Å². The summed E-state index contributed by atoms with van der Waals surface area (Å²) in [6.45, 7) is 4.59. The lowest BCUT2D eigenvalue weighted by Crippen LogP contribution is -2.15. The molecule has 0 aliphatic heterocycles. The Morgan fingerprint density at radius 1 is 0.417 bits per heavy atom. The standard InChI is InChI=1S/C43H30N4O/c1-43(2)35-25-31(21-23-33(35)34-24-22-32(26-36(34)43)42-47-46-41(48-42)30-13-7-4-8-14-30)27-17-19-29(20-18-27)40-39(28-11-5-3-6-12-28)44-37-15-9-10-16-38(37)45-40/h3-26H,1-2H3. The maximum absolute atomic E-state index is 6.10. The van der Waals surface area contributed by atoms with Gasteiger partial charge in [0, 0.05) is 27.7 Å². The van der Waals surface area contributed by atoms with E-state index >= 15 is 0 Å². The molecule has 0 atom stereocenters. The van der Waals surface area contributed by atoms with Crippen LogP contribution >= 0.6 is 0 Å². The molecule has 5 heteroatoms. The molecule has 1 aliphatic rings. The Labute approximate surface area is 278 Å². The Bertz CT molecular complexity index is 2460. The number of benzene rings is 6. The van der Waals surface area contributed by atoms with Gasteiger partial charge in [0.25, 0.3) is 0 Å². The van der Waals surface area contributed by atoms with Crippen LogP contribution in [0.2, 0.25) is 0 Å². The molecule has 1 aliphatic carbocycles. The Morgan fingerprint density at radius 3 is 1.46 bits per heavy atom. The average molecular weight is 619 g/mol. The van der Waals surface area contributed by atoms with Crippen molar-refractivity contribution in [1.82, 2.24) is 20.2 Å². The molecule has 0 spiro atoms. The lowest BCUT2D eigenvalue weighted by Gasteiger charge is -2.22. The van der Waals surface area contributed by atoms with Crippen LogP contribution in [-0.4, -0.2) is 20.2 Å². The first kappa shape index (κ1) is 28.1. The van der Waals surface area contributed by atoms with Crippen molar-refractivity contribution in [2.24, 2.45) is 0 Å². The van der Waals surface area contributed by atoms with Gasteiger partial charge in [-0.05, 0) is 75.8 Å². The first-order valence-corrected chi connectivity index (χ1v) is 16.1. The average Bonchev–Trinajstić information content (AvgIpc) is 3.73. The number of aromatic nitrogens is 4. The molecule has 0 unspecified atom stereocenters. The highest BCUT2D eigenvalue weighted by molar-refractivity contribution is 5.88. The Kier molecular flexibility index (Phi) is 6.40. The van der Waals surface area contributed by atoms with Crippen LogP contribution in [0, 0.1) is 0 Å². The van der Waals surface area contributed by atoms with Gasteiger partial charge in [-0.15, -0.1) is 10.2 Å². The van der Waals surface area contributed by atoms with E-state index in [1.54, 1.807) is 0 Å². The van der Waals surface area contributed by atoms with Crippen molar-refractivity contribution in [1.29, 1.82) is 0 Å². The molecule has 9 rings (SSSR count). The van der Waals surface area contributed by atoms with E-state index in [9.17, 15) is 0 Å². The minimum Gasteiger partial charge on any atom is -0.416 e. The monoisotopic (exact) mass is 618 g/mol. The maximum Gasteiger partial charge on any atom is 0.248 e. The first-order valence-electron chi connectivity index (χ1n) is 16.1. The third kappa shape index (κ3) is 4.63. The van der Waals surface area contributed by atoms with Crippen LogP contribution in [0.5, 0.6) is 0 Å². The fraction of sp³-hybridized carbons (Fsp3) is 0.0698. The molecule has 2 aromatic heterocycles. The second-order valence-electron chi connectivity index (χ2n) is 12.8. The van der Waals surface area contributed by atoms with E-state index in [2.05, 4.69) is 96.8 Å². The molecular formula is C43H30N4O. The zero-order chi connectivity index (χ0) is 32.2. The summed E-state index contributed by atoms with van der Waals surface area (Å²) in [5.41, 5.74) is 14.6. The number of fused-ring (bicyclic) bond motifs is 4. The number of hydrogen-bond donors (Lipinski definition) is 0. The van der Waals surface area contributed by atoms with E-state index in [0.29, 0.717) is 11.8 Å². The van der Waals surface area contributed by atoms with Gasteiger partial charge in [-0.3, -0.25) is 0 Å². The highest BCUT2D eigenvalue weighted by atomic mass is 16.4. The summed E-state index contributed by atoms with van der Waals surface area (Å²) in [4.78, 5) is 10.1. The molecule has 6 aromatic carbocycles. The molecule has 228 valence electrons. The van der Waals surface area contributed by atoms with E-state index < -0.39 is 0 Å². The topological polar surface area (TPSA) is 64.7 Å². The van der Waals surface area contributed by atoms with Crippen LogP contribution < -0.4 is 0 Å². The second kappa shape index (κ2) is 11.0. The fourth-order valence-electron chi connectivity index (χ4n) is 6.91. The molecular weight excluding hydrogens is 589 g/mol. The summed E-state index contributed by atoms with van der Waals surface area (Å²) in [6.07, 6.45) is 0. The zero-order valence-electron chi connectivity index (χ0n) is 26.6. The predicted molar refractivity (Wildman–Crippen MR) is 192 cm³/mol. The van der Waals surface area contributed by atoms with Crippen molar-refractivity contribution >= 4 is 11.0 Å². The Morgan fingerprint density at radius 2 is 0.854 bits per heavy atom.